The molecule has 0 radical (unpaired) electrons. The summed E-state index contributed by atoms with van der Waals surface area (Å²) in [6, 6.07) is 2.19. The molecule has 4 aliphatic rings. The molecule has 1 aromatic heterocycles. The molecule has 3 heterocycles. The number of hydrogen-bond acceptors (Lipinski definition) is 5. The van der Waals surface area contributed by atoms with Crippen LogP contribution in [0, 0.1) is 11.8 Å². The topological polar surface area (TPSA) is 49.3 Å². The minimum atomic E-state index is 0.362. The van der Waals surface area contributed by atoms with E-state index in [0.29, 0.717) is 29.4 Å². The number of likely N-dealkylation sites (tertiary alicyclic amines) is 1. The van der Waals surface area contributed by atoms with E-state index in [1.165, 1.54) is 44.2 Å². The molecule has 140 valence electrons. The molecule has 5 nitrogen and oxygen atoms in total. The van der Waals surface area contributed by atoms with Crippen LogP contribution in [0.3, 0.4) is 0 Å². The minimum Gasteiger partial charge on any atom is -0.356 e. The lowest BCUT2D eigenvalue weighted by Crippen LogP contribution is -2.34. The Morgan fingerprint density at radius 2 is 1.77 bits per heavy atom. The Kier molecular flexibility index (Phi) is 4.55. The molecular formula is C20H28N4OS. The minimum absolute atomic E-state index is 0.362. The van der Waals surface area contributed by atoms with E-state index in [4.69, 9.17) is 0 Å². The summed E-state index contributed by atoms with van der Waals surface area (Å²) >= 11 is 1.90. The quantitative estimate of drug-likeness (QED) is 0.795. The summed E-state index contributed by atoms with van der Waals surface area (Å²) in [6.45, 7) is 3.94. The highest BCUT2D eigenvalue weighted by atomic mass is 32.2. The second kappa shape index (κ2) is 7.02. The predicted octanol–water partition coefficient (Wildman–Crippen LogP) is 2.92. The third-order valence-corrected chi connectivity index (χ3v) is 7.93. The van der Waals surface area contributed by atoms with E-state index < -0.39 is 0 Å². The van der Waals surface area contributed by atoms with Gasteiger partial charge in [0, 0.05) is 60.9 Å². The monoisotopic (exact) mass is 372 g/mol. The Morgan fingerprint density at radius 1 is 1.04 bits per heavy atom. The van der Waals surface area contributed by atoms with E-state index in [0.717, 1.165) is 37.2 Å². The van der Waals surface area contributed by atoms with Crippen molar-refractivity contribution in [2.24, 2.45) is 11.8 Å². The fourth-order valence-corrected chi connectivity index (χ4v) is 6.08. The van der Waals surface area contributed by atoms with E-state index in [1.54, 1.807) is 6.33 Å². The van der Waals surface area contributed by atoms with Crippen molar-refractivity contribution in [3.8, 4) is 0 Å². The summed E-state index contributed by atoms with van der Waals surface area (Å²) in [7, 11) is 0. The lowest BCUT2D eigenvalue weighted by molar-refractivity contribution is -0.127. The zero-order chi connectivity index (χ0) is 17.5. The lowest BCUT2D eigenvalue weighted by Gasteiger charge is -2.23. The van der Waals surface area contributed by atoms with Gasteiger partial charge in [0.25, 0.3) is 0 Å². The van der Waals surface area contributed by atoms with E-state index in [9.17, 15) is 4.79 Å². The number of carbonyl (C=O) groups is 1. The first-order chi connectivity index (χ1) is 12.8. The van der Waals surface area contributed by atoms with Crippen molar-refractivity contribution in [1.29, 1.82) is 0 Å². The molecule has 4 fully saturated rings. The maximum atomic E-state index is 12.6. The summed E-state index contributed by atoms with van der Waals surface area (Å²) in [5.41, 5.74) is 1.22. The van der Waals surface area contributed by atoms with Crippen LogP contribution in [-0.4, -0.2) is 58.0 Å². The zero-order valence-corrected chi connectivity index (χ0v) is 16.2. The van der Waals surface area contributed by atoms with Crippen molar-refractivity contribution in [3.63, 3.8) is 0 Å². The molecule has 2 saturated carbocycles. The number of carbonyl (C=O) groups excluding carboxylic acids is 1. The number of rotatable bonds is 5. The molecule has 26 heavy (non-hydrogen) atoms. The first kappa shape index (κ1) is 16.8. The number of fused-ring (bicyclic) bond motifs is 1. The largest absolute Gasteiger partial charge is 0.356 e. The van der Waals surface area contributed by atoms with Crippen LogP contribution >= 0.6 is 11.8 Å². The zero-order valence-electron chi connectivity index (χ0n) is 15.3. The smallest absolute Gasteiger partial charge is 0.232 e. The first-order valence-corrected chi connectivity index (χ1v) is 11.3. The van der Waals surface area contributed by atoms with Crippen molar-refractivity contribution >= 4 is 23.5 Å². The average Bonchev–Trinajstić information content (AvgIpc) is 3.05. The van der Waals surface area contributed by atoms with Gasteiger partial charge in [0.05, 0.1) is 5.75 Å². The Balaban J connectivity index is 1.14. The van der Waals surface area contributed by atoms with Gasteiger partial charge in [-0.2, -0.15) is 0 Å². The van der Waals surface area contributed by atoms with Crippen LogP contribution in [0.15, 0.2) is 12.4 Å². The summed E-state index contributed by atoms with van der Waals surface area (Å²) in [6.07, 6.45) is 9.59. The summed E-state index contributed by atoms with van der Waals surface area (Å²) < 4.78 is 0. The molecule has 1 amide bonds. The molecule has 0 N–H and O–H groups in total. The SMILES string of the molecule is O=C(CSC1CCCC1)N1CC2CN(c3cc(C4CC4)ncn3)CC2C1. The van der Waals surface area contributed by atoms with Crippen LogP contribution in [0.5, 0.6) is 0 Å². The van der Waals surface area contributed by atoms with Gasteiger partial charge < -0.3 is 9.80 Å². The van der Waals surface area contributed by atoms with Gasteiger partial charge in [-0.25, -0.2) is 9.97 Å². The number of amides is 1. The summed E-state index contributed by atoms with van der Waals surface area (Å²) in [5, 5.41) is 0.731. The predicted molar refractivity (Wildman–Crippen MR) is 104 cm³/mol. The fraction of sp³-hybridized carbons (Fsp3) is 0.750. The van der Waals surface area contributed by atoms with Gasteiger partial charge in [0.1, 0.15) is 12.1 Å². The molecule has 0 spiro atoms. The van der Waals surface area contributed by atoms with E-state index >= 15 is 0 Å². The van der Waals surface area contributed by atoms with Crippen LogP contribution in [-0.2, 0) is 4.79 Å². The third-order valence-electron chi connectivity index (χ3n) is 6.58. The highest BCUT2D eigenvalue weighted by molar-refractivity contribution is 8.00. The molecule has 2 atom stereocenters. The van der Waals surface area contributed by atoms with Gasteiger partial charge in [-0.3, -0.25) is 4.79 Å². The second-order valence-corrected chi connectivity index (χ2v) is 9.81. The third kappa shape index (κ3) is 3.45. The Hall–Kier alpha value is -1.30. The molecule has 0 bridgehead atoms. The van der Waals surface area contributed by atoms with Crippen molar-refractivity contribution < 1.29 is 4.79 Å². The molecular weight excluding hydrogens is 344 g/mol. The number of hydrogen-bond donors (Lipinski definition) is 0. The van der Waals surface area contributed by atoms with E-state index in [-0.39, 0.29) is 0 Å². The fourth-order valence-electron chi connectivity index (χ4n) is 4.86. The van der Waals surface area contributed by atoms with Gasteiger partial charge in [-0.1, -0.05) is 12.8 Å². The number of thioether (sulfide) groups is 1. The average molecular weight is 373 g/mol. The van der Waals surface area contributed by atoms with Gasteiger partial charge in [0.2, 0.25) is 5.91 Å². The Labute approximate surface area is 159 Å². The van der Waals surface area contributed by atoms with Crippen molar-refractivity contribution in [2.75, 3.05) is 36.8 Å². The molecule has 0 aromatic carbocycles. The van der Waals surface area contributed by atoms with Crippen LogP contribution in [0.1, 0.15) is 50.1 Å². The standard InChI is InChI=1S/C20H28N4OS/c25-20(12-26-17-3-1-2-4-17)24-10-15-8-23(9-16(15)11-24)19-7-18(14-5-6-14)21-13-22-19/h7,13-17H,1-6,8-12H2. The number of anilines is 1. The lowest BCUT2D eigenvalue weighted by atomic mass is 10.0. The molecule has 2 unspecified atom stereocenters. The Morgan fingerprint density at radius 3 is 2.46 bits per heavy atom. The van der Waals surface area contributed by atoms with E-state index in [1.807, 2.05) is 11.8 Å². The van der Waals surface area contributed by atoms with Crippen molar-refractivity contribution in [1.82, 2.24) is 14.9 Å². The van der Waals surface area contributed by atoms with Crippen LogP contribution in [0.4, 0.5) is 5.82 Å². The maximum Gasteiger partial charge on any atom is 0.232 e. The Bertz CT molecular complexity index is 660. The number of aromatic nitrogens is 2. The van der Waals surface area contributed by atoms with Gasteiger partial charge in [-0.15, -0.1) is 11.8 Å². The van der Waals surface area contributed by atoms with Gasteiger partial charge in [0.15, 0.2) is 0 Å². The molecule has 2 aliphatic heterocycles. The highest BCUT2D eigenvalue weighted by Gasteiger charge is 2.42. The normalized spacial score (nSPS) is 28.8. The van der Waals surface area contributed by atoms with Gasteiger partial charge in [-0.05, 0) is 25.7 Å². The van der Waals surface area contributed by atoms with Crippen molar-refractivity contribution in [2.45, 2.75) is 49.7 Å². The first-order valence-electron chi connectivity index (χ1n) is 10.2. The summed E-state index contributed by atoms with van der Waals surface area (Å²) in [5.74, 6) is 4.02. The van der Waals surface area contributed by atoms with E-state index in [2.05, 4.69) is 25.8 Å². The van der Waals surface area contributed by atoms with Crippen LogP contribution in [0.25, 0.3) is 0 Å². The highest BCUT2D eigenvalue weighted by Crippen LogP contribution is 2.40. The van der Waals surface area contributed by atoms with Gasteiger partial charge >= 0.3 is 0 Å². The maximum absolute atomic E-state index is 12.6. The molecule has 2 saturated heterocycles. The molecule has 6 heteroatoms. The van der Waals surface area contributed by atoms with Crippen LogP contribution < -0.4 is 4.90 Å². The van der Waals surface area contributed by atoms with Crippen LogP contribution in [0.2, 0.25) is 0 Å². The number of nitrogens with zero attached hydrogens (tertiary/aromatic N) is 4. The molecule has 2 aliphatic carbocycles. The molecule has 1 aromatic rings. The molecule has 5 rings (SSSR count). The second-order valence-electron chi connectivity index (χ2n) is 8.52. The van der Waals surface area contributed by atoms with Crippen molar-refractivity contribution in [3.05, 3.63) is 18.1 Å². The summed E-state index contributed by atoms with van der Waals surface area (Å²) in [4.78, 5) is 26.1.